The number of hydrogen-bond donors (Lipinski definition) is 3. The third-order valence-electron chi connectivity index (χ3n) is 5.32. The molecule has 2 aromatic rings. The van der Waals surface area contributed by atoms with Crippen LogP contribution in [0.1, 0.15) is 57.4 Å². The Labute approximate surface area is 192 Å². The zero-order valence-corrected chi connectivity index (χ0v) is 19.5. The van der Waals surface area contributed by atoms with Gasteiger partial charge < -0.3 is 25.1 Å². The van der Waals surface area contributed by atoms with Gasteiger partial charge in [0.25, 0.3) is 5.91 Å². The molecule has 0 radical (unpaired) electrons. The second-order valence-electron chi connectivity index (χ2n) is 9.01. The minimum absolute atomic E-state index is 0.291. The van der Waals surface area contributed by atoms with Crippen molar-refractivity contribution in [2.45, 2.75) is 64.6 Å². The van der Waals surface area contributed by atoms with E-state index >= 15 is 0 Å². The maximum absolute atomic E-state index is 12.9. The van der Waals surface area contributed by atoms with Crippen LogP contribution in [0.5, 0.6) is 0 Å². The van der Waals surface area contributed by atoms with Crippen molar-refractivity contribution >= 4 is 40.5 Å². The number of fused-ring (bicyclic) bond motifs is 1. The van der Waals surface area contributed by atoms with Crippen LogP contribution in [0.2, 0.25) is 5.02 Å². The standard InChI is InChI=1S/C23H30ClN3O5/c1-5-31-21(29)13-6-8-17(18(11-13)27-22(30)32-23(2,3)4)26-20(28)19-12-14-10-15(24)7-9-16(14)25-19/h7,9-10,12-13,17-18,25H,5-6,8,11H2,1-4H3,(H,26,28)(H,27,30)/t13-,17+,18+/m1/s1. The molecular formula is C23H30ClN3O5. The number of aromatic nitrogens is 1. The zero-order chi connectivity index (χ0) is 23.5. The lowest BCUT2D eigenvalue weighted by atomic mass is 9.82. The van der Waals surface area contributed by atoms with Crippen molar-refractivity contribution in [2.75, 3.05) is 6.61 Å². The Kier molecular flexibility index (Phi) is 7.33. The SMILES string of the molecule is CCOC(=O)[C@@H]1CC[C@H](NC(=O)c2cc3cc(Cl)ccc3[nH]2)[C@@H](NC(=O)OC(C)(C)C)C1. The van der Waals surface area contributed by atoms with Crippen LogP contribution < -0.4 is 10.6 Å². The average molecular weight is 464 g/mol. The maximum atomic E-state index is 12.9. The first-order valence-corrected chi connectivity index (χ1v) is 11.2. The van der Waals surface area contributed by atoms with E-state index in [4.69, 9.17) is 21.1 Å². The van der Waals surface area contributed by atoms with Gasteiger partial charge in [0, 0.05) is 22.0 Å². The Morgan fingerprint density at radius 3 is 2.56 bits per heavy atom. The average Bonchev–Trinajstić information content (AvgIpc) is 3.11. The van der Waals surface area contributed by atoms with Crippen LogP contribution in [0.15, 0.2) is 24.3 Å². The molecule has 1 heterocycles. The lowest BCUT2D eigenvalue weighted by Crippen LogP contribution is -2.56. The van der Waals surface area contributed by atoms with Crippen LogP contribution in [0.4, 0.5) is 4.79 Å². The molecule has 0 aliphatic heterocycles. The first-order valence-electron chi connectivity index (χ1n) is 10.8. The van der Waals surface area contributed by atoms with Crippen molar-refractivity contribution in [1.29, 1.82) is 0 Å². The van der Waals surface area contributed by atoms with Gasteiger partial charge in [-0.3, -0.25) is 9.59 Å². The largest absolute Gasteiger partial charge is 0.466 e. The second kappa shape index (κ2) is 9.81. The van der Waals surface area contributed by atoms with Crippen molar-refractivity contribution in [3.63, 3.8) is 0 Å². The fourth-order valence-corrected chi connectivity index (χ4v) is 4.09. The number of amides is 2. The first kappa shape index (κ1) is 23.9. The molecule has 1 fully saturated rings. The molecule has 0 unspecified atom stereocenters. The third kappa shape index (κ3) is 6.16. The Bertz CT molecular complexity index is 997. The molecule has 2 amide bonds. The summed E-state index contributed by atoms with van der Waals surface area (Å²) < 4.78 is 10.5. The number of ether oxygens (including phenoxy) is 2. The van der Waals surface area contributed by atoms with Gasteiger partial charge in [-0.1, -0.05) is 11.6 Å². The summed E-state index contributed by atoms with van der Waals surface area (Å²) in [6.07, 6.45) is 0.831. The molecule has 1 aliphatic carbocycles. The molecule has 174 valence electrons. The smallest absolute Gasteiger partial charge is 0.407 e. The van der Waals surface area contributed by atoms with Crippen LogP contribution in [0.25, 0.3) is 10.9 Å². The second-order valence-corrected chi connectivity index (χ2v) is 9.45. The third-order valence-corrected chi connectivity index (χ3v) is 5.55. The summed E-state index contributed by atoms with van der Waals surface area (Å²) in [5.74, 6) is -0.938. The van der Waals surface area contributed by atoms with Crippen molar-refractivity contribution in [3.8, 4) is 0 Å². The van der Waals surface area contributed by atoms with Crippen molar-refractivity contribution in [3.05, 3.63) is 35.0 Å². The van der Waals surface area contributed by atoms with Gasteiger partial charge in [0.1, 0.15) is 11.3 Å². The normalized spacial score (nSPS) is 21.1. The van der Waals surface area contributed by atoms with Gasteiger partial charge in [0.05, 0.1) is 18.6 Å². The van der Waals surface area contributed by atoms with E-state index in [1.807, 2.05) is 6.07 Å². The Balaban J connectivity index is 1.74. The van der Waals surface area contributed by atoms with Crippen LogP contribution in [0, 0.1) is 5.92 Å². The summed E-state index contributed by atoms with van der Waals surface area (Å²) in [5.41, 5.74) is 0.531. The maximum Gasteiger partial charge on any atom is 0.407 e. The van der Waals surface area contributed by atoms with E-state index in [2.05, 4.69) is 15.6 Å². The van der Waals surface area contributed by atoms with Gasteiger partial charge in [-0.05, 0) is 71.2 Å². The number of halogens is 1. The number of carbonyl (C=O) groups is 3. The monoisotopic (exact) mass is 463 g/mol. The summed E-state index contributed by atoms with van der Waals surface area (Å²) >= 11 is 6.03. The molecule has 0 bridgehead atoms. The van der Waals surface area contributed by atoms with E-state index in [-0.39, 0.29) is 23.8 Å². The van der Waals surface area contributed by atoms with Gasteiger partial charge in [0.15, 0.2) is 0 Å². The number of nitrogens with one attached hydrogen (secondary N) is 3. The first-order chi connectivity index (χ1) is 15.1. The predicted molar refractivity (Wildman–Crippen MR) is 122 cm³/mol. The van der Waals surface area contributed by atoms with Gasteiger partial charge in [-0.25, -0.2) is 4.79 Å². The highest BCUT2D eigenvalue weighted by atomic mass is 35.5. The summed E-state index contributed by atoms with van der Waals surface area (Å²) in [6.45, 7) is 7.38. The summed E-state index contributed by atoms with van der Waals surface area (Å²) in [6, 6.07) is 6.23. The predicted octanol–water partition coefficient (Wildman–Crippen LogP) is 4.18. The number of aromatic amines is 1. The molecule has 32 heavy (non-hydrogen) atoms. The van der Waals surface area contributed by atoms with Gasteiger partial charge >= 0.3 is 12.1 Å². The molecule has 3 rings (SSSR count). The van der Waals surface area contributed by atoms with Crippen molar-refractivity contribution < 1.29 is 23.9 Å². The number of benzene rings is 1. The highest BCUT2D eigenvalue weighted by molar-refractivity contribution is 6.31. The molecule has 1 saturated carbocycles. The number of hydrogen-bond acceptors (Lipinski definition) is 5. The topological polar surface area (TPSA) is 110 Å². The Hall–Kier alpha value is -2.74. The zero-order valence-electron chi connectivity index (χ0n) is 18.8. The molecule has 1 aliphatic rings. The minimum atomic E-state index is -0.663. The van der Waals surface area contributed by atoms with E-state index in [9.17, 15) is 14.4 Å². The van der Waals surface area contributed by atoms with E-state index < -0.39 is 17.7 Å². The van der Waals surface area contributed by atoms with Gasteiger partial charge in [0.2, 0.25) is 0 Å². The molecule has 0 saturated heterocycles. The molecule has 8 nitrogen and oxygen atoms in total. The summed E-state index contributed by atoms with van der Waals surface area (Å²) in [7, 11) is 0. The highest BCUT2D eigenvalue weighted by Crippen LogP contribution is 2.27. The summed E-state index contributed by atoms with van der Waals surface area (Å²) in [4.78, 5) is 40.7. The van der Waals surface area contributed by atoms with E-state index in [0.717, 1.165) is 10.9 Å². The molecule has 1 aromatic carbocycles. The minimum Gasteiger partial charge on any atom is -0.466 e. The lowest BCUT2D eigenvalue weighted by Gasteiger charge is -2.36. The van der Waals surface area contributed by atoms with E-state index in [1.165, 1.54) is 0 Å². The van der Waals surface area contributed by atoms with Crippen molar-refractivity contribution in [1.82, 2.24) is 15.6 Å². The van der Waals surface area contributed by atoms with E-state index in [0.29, 0.717) is 36.6 Å². The fourth-order valence-electron chi connectivity index (χ4n) is 3.91. The van der Waals surface area contributed by atoms with Crippen LogP contribution in [-0.2, 0) is 14.3 Å². The van der Waals surface area contributed by atoms with Crippen LogP contribution in [0.3, 0.4) is 0 Å². The molecule has 3 atom stereocenters. The molecule has 1 aromatic heterocycles. The molecule has 9 heteroatoms. The Morgan fingerprint density at radius 1 is 1.12 bits per heavy atom. The number of rotatable bonds is 5. The Morgan fingerprint density at radius 2 is 1.88 bits per heavy atom. The van der Waals surface area contributed by atoms with Crippen molar-refractivity contribution in [2.24, 2.45) is 5.92 Å². The van der Waals surface area contributed by atoms with Crippen LogP contribution >= 0.6 is 11.6 Å². The van der Waals surface area contributed by atoms with Gasteiger partial charge in [-0.15, -0.1) is 0 Å². The number of H-pyrrole nitrogens is 1. The van der Waals surface area contributed by atoms with Gasteiger partial charge in [-0.2, -0.15) is 0 Å². The number of alkyl carbamates (subject to hydrolysis) is 1. The highest BCUT2D eigenvalue weighted by Gasteiger charge is 2.37. The van der Waals surface area contributed by atoms with Crippen LogP contribution in [-0.4, -0.2) is 47.2 Å². The molecular weight excluding hydrogens is 434 g/mol. The molecule has 0 spiro atoms. The molecule has 3 N–H and O–H groups in total. The van der Waals surface area contributed by atoms with E-state index in [1.54, 1.807) is 45.9 Å². The fraction of sp³-hybridized carbons (Fsp3) is 0.522. The quantitative estimate of drug-likeness (QED) is 0.576. The number of carbonyl (C=O) groups excluding carboxylic acids is 3. The lowest BCUT2D eigenvalue weighted by molar-refractivity contribution is -0.149. The summed E-state index contributed by atoms with van der Waals surface area (Å²) in [5, 5.41) is 7.24. The number of esters is 1.